The molecule has 0 radical (unpaired) electrons. The van der Waals surface area contributed by atoms with Gasteiger partial charge in [0.05, 0.1) is 23.9 Å². The fourth-order valence-corrected chi connectivity index (χ4v) is 2.56. The maximum atomic E-state index is 10.2. The number of nitrogens with zero attached hydrogens (tertiary/aromatic N) is 2. The standard InChI is InChI=1S/C17H13BrN2O2/c1-22-16-7-5-14(18)13(17(16)21)10-20-12-4-6-15-11(9-12)3-2-8-19-15/h2-10,21H,1H3. The van der Waals surface area contributed by atoms with E-state index in [9.17, 15) is 5.11 Å². The molecule has 1 heterocycles. The van der Waals surface area contributed by atoms with Crippen LogP contribution in [-0.4, -0.2) is 23.4 Å². The fraction of sp³-hybridized carbons (Fsp3) is 0.0588. The molecule has 0 amide bonds. The van der Waals surface area contributed by atoms with Crippen LogP contribution in [0.1, 0.15) is 5.56 Å². The number of aromatic nitrogens is 1. The zero-order chi connectivity index (χ0) is 15.5. The lowest BCUT2D eigenvalue weighted by Gasteiger charge is -2.07. The van der Waals surface area contributed by atoms with Crippen molar-refractivity contribution in [2.24, 2.45) is 4.99 Å². The van der Waals surface area contributed by atoms with Crippen LogP contribution in [0.5, 0.6) is 11.5 Å². The molecule has 0 spiro atoms. The first-order chi connectivity index (χ1) is 10.7. The summed E-state index contributed by atoms with van der Waals surface area (Å²) in [5, 5.41) is 11.2. The third-order valence-corrected chi connectivity index (χ3v) is 3.97. The Morgan fingerprint density at radius 2 is 2.09 bits per heavy atom. The molecule has 1 aromatic heterocycles. The number of methoxy groups -OCH3 is 1. The molecular formula is C17H13BrN2O2. The molecule has 0 atom stereocenters. The van der Waals surface area contributed by atoms with Crippen molar-refractivity contribution in [1.29, 1.82) is 0 Å². The van der Waals surface area contributed by atoms with Gasteiger partial charge in [0, 0.05) is 22.3 Å². The van der Waals surface area contributed by atoms with E-state index in [1.165, 1.54) is 7.11 Å². The number of hydrogen-bond acceptors (Lipinski definition) is 4. The van der Waals surface area contributed by atoms with Gasteiger partial charge in [0.25, 0.3) is 0 Å². The Bertz CT molecular complexity index is 862. The average molecular weight is 357 g/mol. The minimum absolute atomic E-state index is 0.0584. The molecule has 3 aromatic rings. The largest absolute Gasteiger partial charge is 0.504 e. The van der Waals surface area contributed by atoms with E-state index in [2.05, 4.69) is 25.9 Å². The van der Waals surface area contributed by atoms with Gasteiger partial charge in [0.15, 0.2) is 11.5 Å². The SMILES string of the molecule is COc1ccc(Br)c(C=Nc2ccc3ncccc3c2)c1O. The number of phenolic OH excluding ortho intramolecular Hbond substituents is 1. The highest BCUT2D eigenvalue weighted by molar-refractivity contribution is 9.10. The van der Waals surface area contributed by atoms with Gasteiger partial charge in [0.2, 0.25) is 0 Å². The summed E-state index contributed by atoms with van der Waals surface area (Å²) in [7, 11) is 1.51. The van der Waals surface area contributed by atoms with E-state index >= 15 is 0 Å². The first kappa shape index (κ1) is 14.5. The molecule has 0 aliphatic carbocycles. The summed E-state index contributed by atoms with van der Waals surface area (Å²) in [4.78, 5) is 8.70. The van der Waals surface area contributed by atoms with Crippen LogP contribution in [0.4, 0.5) is 5.69 Å². The number of pyridine rings is 1. The zero-order valence-electron chi connectivity index (χ0n) is 11.8. The van der Waals surface area contributed by atoms with Gasteiger partial charge < -0.3 is 9.84 Å². The summed E-state index contributed by atoms with van der Waals surface area (Å²) < 4.78 is 5.86. The third-order valence-electron chi connectivity index (χ3n) is 3.28. The highest BCUT2D eigenvalue weighted by atomic mass is 79.9. The zero-order valence-corrected chi connectivity index (χ0v) is 13.4. The van der Waals surface area contributed by atoms with E-state index in [4.69, 9.17) is 4.74 Å². The fourth-order valence-electron chi connectivity index (χ4n) is 2.13. The second kappa shape index (κ2) is 6.15. The number of ether oxygens (including phenoxy) is 1. The minimum Gasteiger partial charge on any atom is -0.504 e. The van der Waals surface area contributed by atoms with Gasteiger partial charge in [-0.25, -0.2) is 0 Å². The summed E-state index contributed by atoms with van der Waals surface area (Å²) in [6.07, 6.45) is 3.37. The van der Waals surface area contributed by atoms with Crippen molar-refractivity contribution in [1.82, 2.24) is 4.98 Å². The summed E-state index contributed by atoms with van der Waals surface area (Å²) in [5.41, 5.74) is 2.28. The number of aliphatic imine (C=N–C) groups is 1. The van der Waals surface area contributed by atoms with Crippen molar-refractivity contribution in [2.75, 3.05) is 7.11 Å². The number of fused-ring (bicyclic) bond motifs is 1. The Balaban J connectivity index is 1.99. The lowest BCUT2D eigenvalue weighted by atomic mass is 10.2. The number of aromatic hydroxyl groups is 1. The molecular weight excluding hydrogens is 344 g/mol. The first-order valence-electron chi connectivity index (χ1n) is 6.63. The lowest BCUT2D eigenvalue weighted by molar-refractivity contribution is 0.373. The molecule has 5 heteroatoms. The quantitative estimate of drug-likeness (QED) is 0.704. The summed E-state index contributed by atoms with van der Waals surface area (Å²) in [6.45, 7) is 0. The molecule has 4 nitrogen and oxygen atoms in total. The van der Waals surface area contributed by atoms with Gasteiger partial charge in [-0.3, -0.25) is 9.98 Å². The van der Waals surface area contributed by atoms with E-state index in [-0.39, 0.29) is 5.75 Å². The molecule has 22 heavy (non-hydrogen) atoms. The molecule has 0 saturated carbocycles. The number of benzene rings is 2. The number of halogens is 1. The molecule has 0 aliphatic rings. The monoisotopic (exact) mass is 356 g/mol. The number of rotatable bonds is 3. The van der Waals surface area contributed by atoms with Crippen molar-refractivity contribution in [3.8, 4) is 11.5 Å². The van der Waals surface area contributed by atoms with Crippen LogP contribution in [-0.2, 0) is 0 Å². The Hall–Kier alpha value is -2.40. The third kappa shape index (κ3) is 2.80. The molecule has 0 unspecified atom stereocenters. The van der Waals surface area contributed by atoms with Crippen LogP contribution in [0.25, 0.3) is 10.9 Å². The molecule has 3 rings (SSSR count). The summed E-state index contributed by atoms with van der Waals surface area (Å²) in [6, 6.07) is 13.1. The molecule has 0 aliphatic heterocycles. The topological polar surface area (TPSA) is 54.7 Å². The van der Waals surface area contributed by atoms with E-state index in [0.717, 1.165) is 21.1 Å². The molecule has 1 N–H and O–H groups in total. The normalized spacial score (nSPS) is 11.2. The van der Waals surface area contributed by atoms with Crippen LogP contribution in [0.2, 0.25) is 0 Å². The van der Waals surface area contributed by atoms with Crippen LogP contribution in [0.15, 0.2) is 58.1 Å². The van der Waals surface area contributed by atoms with E-state index < -0.39 is 0 Å². The smallest absolute Gasteiger partial charge is 0.167 e. The van der Waals surface area contributed by atoms with Gasteiger partial charge >= 0.3 is 0 Å². The maximum absolute atomic E-state index is 10.2. The Morgan fingerprint density at radius 1 is 1.23 bits per heavy atom. The molecule has 0 saturated heterocycles. The lowest BCUT2D eigenvalue weighted by Crippen LogP contribution is -1.90. The average Bonchev–Trinajstić information content (AvgIpc) is 2.54. The van der Waals surface area contributed by atoms with Crippen molar-refractivity contribution < 1.29 is 9.84 Å². The van der Waals surface area contributed by atoms with Gasteiger partial charge in [-0.15, -0.1) is 0 Å². The van der Waals surface area contributed by atoms with Crippen molar-refractivity contribution >= 4 is 38.7 Å². The molecule has 0 bridgehead atoms. The minimum atomic E-state index is 0.0584. The van der Waals surface area contributed by atoms with Gasteiger partial charge in [0.1, 0.15) is 0 Å². The van der Waals surface area contributed by atoms with Crippen molar-refractivity contribution in [2.45, 2.75) is 0 Å². The van der Waals surface area contributed by atoms with E-state index in [1.807, 2.05) is 36.4 Å². The Morgan fingerprint density at radius 3 is 2.91 bits per heavy atom. The predicted octanol–water partition coefficient (Wildman–Crippen LogP) is 4.46. The second-order valence-corrected chi connectivity index (χ2v) is 5.50. The van der Waals surface area contributed by atoms with Gasteiger partial charge in [-0.2, -0.15) is 0 Å². The van der Waals surface area contributed by atoms with Gasteiger partial charge in [-0.05, 0) is 52.3 Å². The first-order valence-corrected chi connectivity index (χ1v) is 7.42. The highest BCUT2D eigenvalue weighted by Crippen LogP contribution is 2.34. The number of hydrogen-bond donors (Lipinski definition) is 1. The van der Waals surface area contributed by atoms with E-state index in [0.29, 0.717) is 11.3 Å². The molecule has 2 aromatic carbocycles. The van der Waals surface area contributed by atoms with Gasteiger partial charge in [-0.1, -0.05) is 6.07 Å². The number of phenols is 1. The van der Waals surface area contributed by atoms with Crippen LogP contribution in [0.3, 0.4) is 0 Å². The summed E-state index contributed by atoms with van der Waals surface area (Å²) >= 11 is 3.41. The van der Waals surface area contributed by atoms with Crippen LogP contribution in [0, 0.1) is 0 Å². The second-order valence-electron chi connectivity index (χ2n) is 4.65. The van der Waals surface area contributed by atoms with E-state index in [1.54, 1.807) is 18.5 Å². The molecule has 110 valence electrons. The van der Waals surface area contributed by atoms with Crippen LogP contribution >= 0.6 is 15.9 Å². The van der Waals surface area contributed by atoms with Crippen LogP contribution < -0.4 is 4.74 Å². The van der Waals surface area contributed by atoms with Crippen molar-refractivity contribution in [3.05, 3.63) is 58.7 Å². The maximum Gasteiger partial charge on any atom is 0.167 e. The van der Waals surface area contributed by atoms with Crippen molar-refractivity contribution in [3.63, 3.8) is 0 Å². The Labute approximate surface area is 136 Å². The summed E-state index contributed by atoms with van der Waals surface area (Å²) in [5.74, 6) is 0.468. The highest BCUT2D eigenvalue weighted by Gasteiger charge is 2.09. The Kier molecular flexibility index (Phi) is 4.06. The predicted molar refractivity (Wildman–Crippen MR) is 91.4 cm³/mol. The molecule has 0 fully saturated rings.